The average Bonchev–Trinajstić information content (AvgIpc) is 2.34. The molecule has 0 radical (unpaired) electrons. The first-order chi connectivity index (χ1) is 8.50. The van der Waals surface area contributed by atoms with Crippen molar-refractivity contribution in [3.8, 4) is 0 Å². The summed E-state index contributed by atoms with van der Waals surface area (Å²) >= 11 is 0.933. The minimum Gasteiger partial charge on any atom is -0.481 e. The Morgan fingerprint density at radius 3 is 2.33 bits per heavy atom. The van der Waals surface area contributed by atoms with Crippen LogP contribution in [0.1, 0.15) is 23.7 Å². The zero-order valence-electron chi connectivity index (χ0n) is 9.96. The molecule has 0 saturated carbocycles. The fourth-order valence-corrected chi connectivity index (χ4v) is 2.10. The van der Waals surface area contributed by atoms with Crippen molar-refractivity contribution >= 4 is 28.6 Å². The van der Waals surface area contributed by atoms with Gasteiger partial charge in [0, 0.05) is 24.7 Å². The lowest BCUT2D eigenvalue weighted by Crippen LogP contribution is -2.21. The van der Waals surface area contributed by atoms with E-state index >= 15 is 0 Å². The number of aliphatic carboxylic acids is 1. The smallest absolute Gasteiger partial charge is 0.307 e. The molecule has 0 aromatic heterocycles. The molecule has 0 aliphatic carbocycles. The molecule has 1 rings (SSSR count). The Labute approximate surface area is 109 Å². The maximum atomic E-state index is 11.8. The first-order valence-corrected chi connectivity index (χ1v) is 6.43. The van der Waals surface area contributed by atoms with Crippen LogP contribution in [0.2, 0.25) is 0 Å². The third kappa shape index (κ3) is 4.71. The first-order valence-electron chi connectivity index (χ1n) is 5.45. The highest BCUT2D eigenvalue weighted by Crippen LogP contribution is 2.16. The molecular weight excluding hydrogens is 252 g/mol. The van der Waals surface area contributed by atoms with Crippen molar-refractivity contribution in [1.82, 2.24) is 0 Å². The van der Waals surface area contributed by atoms with Crippen LogP contribution >= 0.6 is 11.8 Å². The highest BCUT2D eigenvalue weighted by atomic mass is 32.2. The zero-order valence-corrected chi connectivity index (χ0v) is 10.8. The lowest BCUT2D eigenvalue weighted by molar-refractivity contribution is -0.140. The SMILES string of the molecule is CC(=O)SCC(CC(=O)c1ccccc1)C(=O)O. The van der Waals surface area contributed by atoms with E-state index in [4.69, 9.17) is 5.11 Å². The van der Waals surface area contributed by atoms with Crippen molar-refractivity contribution in [3.63, 3.8) is 0 Å². The van der Waals surface area contributed by atoms with E-state index < -0.39 is 11.9 Å². The lowest BCUT2D eigenvalue weighted by Gasteiger charge is -2.10. The number of Topliss-reactive ketones (excluding diaryl/α,β-unsaturated/α-hetero) is 1. The van der Waals surface area contributed by atoms with Gasteiger partial charge in [-0.05, 0) is 0 Å². The molecule has 5 heteroatoms. The maximum Gasteiger partial charge on any atom is 0.307 e. The van der Waals surface area contributed by atoms with Gasteiger partial charge in [-0.2, -0.15) is 0 Å². The molecule has 0 bridgehead atoms. The predicted molar refractivity (Wildman–Crippen MR) is 69.7 cm³/mol. The lowest BCUT2D eigenvalue weighted by atomic mass is 10.00. The fraction of sp³-hybridized carbons (Fsp3) is 0.308. The summed E-state index contributed by atoms with van der Waals surface area (Å²) in [6.45, 7) is 1.38. The summed E-state index contributed by atoms with van der Waals surface area (Å²) < 4.78 is 0. The van der Waals surface area contributed by atoms with Gasteiger partial charge in [0.2, 0.25) is 0 Å². The largest absolute Gasteiger partial charge is 0.481 e. The van der Waals surface area contributed by atoms with E-state index in [2.05, 4.69) is 0 Å². The molecule has 18 heavy (non-hydrogen) atoms. The molecule has 0 saturated heterocycles. The second-order valence-electron chi connectivity index (χ2n) is 3.83. The third-order valence-corrected chi connectivity index (χ3v) is 3.34. The highest BCUT2D eigenvalue weighted by Gasteiger charge is 2.22. The van der Waals surface area contributed by atoms with E-state index in [9.17, 15) is 14.4 Å². The van der Waals surface area contributed by atoms with Gasteiger partial charge in [0.25, 0.3) is 0 Å². The van der Waals surface area contributed by atoms with Crippen LogP contribution < -0.4 is 0 Å². The van der Waals surface area contributed by atoms with Crippen molar-refractivity contribution in [2.75, 3.05) is 5.75 Å². The molecule has 0 spiro atoms. The van der Waals surface area contributed by atoms with E-state index in [0.29, 0.717) is 5.56 Å². The van der Waals surface area contributed by atoms with Crippen molar-refractivity contribution in [3.05, 3.63) is 35.9 Å². The van der Waals surface area contributed by atoms with Gasteiger partial charge in [0.15, 0.2) is 10.9 Å². The minimum atomic E-state index is -1.05. The number of carboxylic acid groups (broad SMARTS) is 1. The van der Waals surface area contributed by atoms with Crippen molar-refractivity contribution < 1.29 is 19.5 Å². The standard InChI is InChI=1S/C13H14O4S/c1-9(14)18-8-11(13(16)17)7-12(15)10-5-3-2-4-6-10/h2-6,11H,7-8H2,1H3,(H,16,17). The Bertz CT molecular complexity index is 442. The fourth-order valence-electron chi connectivity index (χ4n) is 1.40. The Hall–Kier alpha value is -1.62. The van der Waals surface area contributed by atoms with Gasteiger partial charge in [-0.15, -0.1) is 0 Å². The normalized spacial score (nSPS) is 11.8. The summed E-state index contributed by atoms with van der Waals surface area (Å²) in [5.74, 6) is -1.96. The molecule has 0 aliphatic rings. The van der Waals surface area contributed by atoms with Crippen LogP contribution in [0.4, 0.5) is 0 Å². The van der Waals surface area contributed by atoms with Gasteiger partial charge in [-0.1, -0.05) is 42.1 Å². The number of hydrogen-bond donors (Lipinski definition) is 1. The van der Waals surface area contributed by atoms with Crippen LogP contribution in [0.25, 0.3) is 0 Å². The minimum absolute atomic E-state index is 0.0837. The molecule has 0 amide bonds. The average molecular weight is 266 g/mol. The maximum absolute atomic E-state index is 11.8. The number of thioether (sulfide) groups is 1. The van der Waals surface area contributed by atoms with Gasteiger partial charge < -0.3 is 5.11 Å². The predicted octanol–water partition coefficient (Wildman–Crippen LogP) is 2.24. The summed E-state index contributed by atoms with van der Waals surface area (Å²) in [5.41, 5.74) is 0.497. The Morgan fingerprint density at radius 2 is 1.83 bits per heavy atom. The molecular formula is C13H14O4S. The summed E-state index contributed by atoms with van der Waals surface area (Å²) in [6, 6.07) is 8.55. The van der Waals surface area contributed by atoms with Crippen LogP contribution in [0, 0.1) is 5.92 Å². The van der Waals surface area contributed by atoms with E-state index in [-0.39, 0.29) is 23.1 Å². The second-order valence-corrected chi connectivity index (χ2v) is 5.03. The highest BCUT2D eigenvalue weighted by molar-refractivity contribution is 8.13. The number of benzene rings is 1. The number of rotatable bonds is 6. The molecule has 0 aliphatic heterocycles. The monoisotopic (exact) mass is 266 g/mol. The summed E-state index contributed by atoms with van der Waals surface area (Å²) in [7, 11) is 0. The number of carboxylic acids is 1. The quantitative estimate of drug-likeness (QED) is 0.799. The van der Waals surface area contributed by atoms with E-state index in [1.165, 1.54) is 6.92 Å². The van der Waals surface area contributed by atoms with Gasteiger partial charge >= 0.3 is 5.97 Å². The second kappa shape index (κ2) is 6.96. The van der Waals surface area contributed by atoms with E-state index in [1.54, 1.807) is 30.3 Å². The third-order valence-electron chi connectivity index (χ3n) is 2.36. The van der Waals surface area contributed by atoms with Crippen LogP contribution in [-0.2, 0) is 9.59 Å². The number of carbonyl (C=O) groups is 3. The summed E-state index contributed by atoms with van der Waals surface area (Å²) in [4.78, 5) is 33.7. The summed E-state index contributed by atoms with van der Waals surface area (Å²) in [5, 5.41) is 8.86. The van der Waals surface area contributed by atoms with Gasteiger partial charge in [-0.25, -0.2) is 0 Å². The molecule has 0 heterocycles. The molecule has 96 valence electrons. The Morgan fingerprint density at radius 1 is 1.22 bits per heavy atom. The van der Waals surface area contributed by atoms with Gasteiger partial charge in [0.1, 0.15) is 0 Å². The zero-order chi connectivity index (χ0) is 13.5. The van der Waals surface area contributed by atoms with Gasteiger partial charge in [-0.3, -0.25) is 14.4 Å². The Kier molecular flexibility index (Phi) is 5.58. The molecule has 1 atom stereocenters. The molecule has 1 aromatic rings. The van der Waals surface area contributed by atoms with Crippen molar-refractivity contribution in [2.45, 2.75) is 13.3 Å². The first kappa shape index (κ1) is 14.4. The van der Waals surface area contributed by atoms with Crippen molar-refractivity contribution in [2.24, 2.45) is 5.92 Å². The molecule has 1 aromatic carbocycles. The number of ketones is 1. The molecule has 0 fully saturated rings. The van der Waals surface area contributed by atoms with Crippen LogP contribution in [-0.4, -0.2) is 27.7 Å². The van der Waals surface area contributed by atoms with Crippen LogP contribution in [0.15, 0.2) is 30.3 Å². The Balaban J connectivity index is 2.64. The molecule has 4 nitrogen and oxygen atoms in total. The van der Waals surface area contributed by atoms with Crippen LogP contribution in [0.3, 0.4) is 0 Å². The van der Waals surface area contributed by atoms with E-state index in [1.807, 2.05) is 0 Å². The van der Waals surface area contributed by atoms with Gasteiger partial charge in [0.05, 0.1) is 5.92 Å². The number of carbonyl (C=O) groups excluding carboxylic acids is 2. The van der Waals surface area contributed by atoms with E-state index in [0.717, 1.165) is 11.8 Å². The summed E-state index contributed by atoms with van der Waals surface area (Å²) in [6.07, 6.45) is -0.0837. The molecule has 1 unspecified atom stereocenters. The molecule has 1 N–H and O–H groups in total. The number of hydrogen-bond acceptors (Lipinski definition) is 4. The topological polar surface area (TPSA) is 71.4 Å². The van der Waals surface area contributed by atoms with Crippen molar-refractivity contribution in [1.29, 1.82) is 0 Å². The van der Waals surface area contributed by atoms with Crippen LogP contribution in [0.5, 0.6) is 0 Å².